The number of rotatable bonds is 13. The lowest BCUT2D eigenvalue weighted by molar-refractivity contribution is 0.102. The van der Waals surface area contributed by atoms with Crippen molar-refractivity contribution in [3.63, 3.8) is 0 Å². The fourth-order valence-corrected chi connectivity index (χ4v) is 7.68. The Kier molecular flexibility index (Phi) is 10.8. The molecule has 51 heavy (non-hydrogen) atoms. The van der Waals surface area contributed by atoms with E-state index >= 15 is 0 Å². The largest absolute Gasteiger partial charge is 0.339 e. The highest BCUT2D eigenvalue weighted by atomic mass is 32.2. The number of nitrogens with one attached hydrogen (secondary N) is 3. The van der Waals surface area contributed by atoms with Gasteiger partial charge in [-0.1, -0.05) is 92.7 Å². The maximum atomic E-state index is 13.8. The SMILES string of the molecule is Cc1cc(NC(=O)c2cccc(CCc3cc(Nc4ccc(S(=O)(=O)N(C)C(c5ccccc5)c5ccccc5)cc4)n[nH]3)c2)ccc1C(C)C. The zero-order chi connectivity index (χ0) is 36.0. The third-order valence-electron chi connectivity index (χ3n) is 9.05. The van der Waals surface area contributed by atoms with Gasteiger partial charge in [0.05, 0.1) is 10.9 Å². The van der Waals surface area contributed by atoms with E-state index in [1.165, 1.54) is 9.87 Å². The minimum absolute atomic E-state index is 0.140. The second kappa shape index (κ2) is 15.6. The number of benzene rings is 5. The summed E-state index contributed by atoms with van der Waals surface area (Å²) in [7, 11) is -2.20. The van der Waals surface area contributed by atoms with Crippen LogP contribution in [-0.2, 0) is 22.9 Å². The van der Waals surface area contributed by atoms with Gasteiger partial charge in [-0.15, -0.1) is 0 Å². The zero-order valence-electron chi connectivity index (χ0n) is 29.3. The third-order valence-corrected chi connectivity index (χ3v) is 10.9. The minimum atomic E-state index is -3.83. The van der Waals surface area contributed by atoms with Gasteiger partial charge in [0.15, 0.2) is 5.82 Å². The zero-order valence-corrected chi connectivity index (χ0v) is 30.1. The van der Waals surface area contributed by atoms with Gasteiger partial charge in [0.1, 0.15) is 0 Å². The lowest BCUT2D eigenvalue weighted by Gasteiger charge is -2.28. The van der Waals surface area contributed by atoms with Crippen LogP contribution in [0.15, 0.2) is 138 Å². The van der Waals surface area contributed by atoms with Crippen LogP contribution in [0.25, 0.3) is 0 Å². The van der Waals surface area contributed by atoms with Gasteiger partial charge in [-0.2, -0.15) is 9.40 Å². The smallest absolute Gasteiger partial charge is 0.255 e. The molecule has 1 amide bonds. The average Bonchev–Trinajstić information content (AvgIpc) is 3.59. The number of aromatic nitrogens is 2. The van der Waals surface area contributed by atoms with E-state index in [4.69, 9.17) is 0 Å². The van der Waals surface area contributed by atoms with E-state index in [0.717, 1.165) is 40.1 Å². The summed E-state index contributed by atoms with van der Waals surface area (Å²) in [6.07, 6.45) is 1.42. The van der Waals surface area contributed by atoms with E-state index in [2.05, 4.69) is 47.7 Å². The van der Waals surface area contributed by atoms with Crippen molar-refractivity contribution >= 4 is 33.1 Å². The monoisotopic (exact) mass is 697 g/mol. The molecule has 6 aromatic rings. The number of amides is 1. The number of carbonyl (C=O) groups excluding carboxylic acids is 1. The van der Waals surface area contributed by atoms with Crippen LogP contribution in [0.5, 0.6) is 0 Å². The molecule has 0 radical (unpaired) electrons. The number of anilines is 3. The molecule has 0 bridgehead atoms. The first kappa shape index (κ1) is 35.3. The fraction of sp³-hybridized carbons (Fsp3) is 0.190. The number of hydrogen-bond donors (Lipinski definition) is 3. The van der Waals surface area contributed by atoms with Gasteiger partial charge in [-0.25, -0.2) is 8.42 Å². The van der Waals surface area contributed by atoms with E-state index in [1.54, 1.807) is 31.3 Å². The highest BCUT2D eigenvalue weighted by Crippen LogP contribution is 2.32. The Morgan fingerprint density at radius 2 is 1.41 bits per heavy atom. The summed E-state index contributed by atoms with van der Waals surface area (Å²) in [4.78, 5) is 13.2. The summed E-state index contributed by atoms with van der Waals surface area (Å²) in [6, 6.07) is 41.2. The van der Waals surface area contributed by atoms with Crippen LogP contribution >= 0.6 is 0 Å². The number of aryl methyl sites for hydroxylation is 3. The summed E-state index contributed by atoms with van der Waals surface area (Å²) in [5, 5.41) is 13.8. The van der Waals surface area contributed by atoms with Crippen LogP contribution in [0.4, 0.5) is 17.2 Å². The molecule has 0 unspecified atom stereocenters. The number of H-pyrrole nitrogens is 1. The minimum Gasteiger partial charge on any atom is -0.339 e. The maximum absolute atomic E-state index is 13.8. The van der Waals surface area contributed by atoms with Gasteiger partial charge in [0.2, 0.25) is 10.0 Å². The van der Waals surface area contributed by atoms with E-state index in [0.29, 0.717) is 29.4 Å². The second-order valence-corrected chi connectivity index (χ2v) is 15.1. The summed E-state index contributed by atoms with van der Waals surface area (Å²) < 4.78 is 29.1. The summed E-state index contributed by atoms with van der Waals surface area (Å²) in [6.45, 7) is 6.39. The molecule has 0 spiro atoms. The lowest BCUT2D eigenvalue weighted by atomic mass is 9.97. The molecular weight excluding hydrogens is 655 g/mol. The molecular formula is C42H43N5O3S. The Bertz CT molecular complexity index is 2160. The molecule has 1 heterocycles. The van der Waals surface area contributed by atoms with Gasteiger partial charge in [-0.3, -0.25) is 9.89 Å². The van der Waals surface area contributed by atoms with Crippen molar-refractivity contribution in [2.24, 2.45) is 0 Å². The van der Waals surface area contributed by atoms with Crippen molar-refractivity contribution in [1.29, 1.82) is 0 Å². The van der Waals surface area contributed by atoms with Crippen LogP contribution in [-0.4, -0.2) is 35.9 Å². The summed E-state index contributed by atoms with van der Waals surface area (Å²) >= 11 is 0. The van der Waals surface area contributed by atoms with Crippen LogP contribution in [0.3, 0.4) is 0 Å². The van der Waals surface area contributed by atoms with E-state index in [1.807, 2.05) is 103 Å². The molecule has 0 saturated heterocycles. The Morgan fingerprint density at radius 1 is 0.765 bits per heavy atom. The van der Waals surface area contributed by atoms with Gasteiger partial charge < -0.3 is 10.6 Å². The predicted octanol–water partition coefficient (Wildman–Crippen LogP) is 9.03. The van der Waals surface area contributed by atoms with Gasteiger partial charge >= 0.3 is 0 Å². The van der Waals surface area contributed by atoms with Crippen LogP contribution in [0.1, 0.15) is 69.7 Å². The molecule has 0 atom stereocenters. The van der Waals surface area contributed by atoms with E-state index in [9.17, 15) is 13.2 Å². The van der Waals surface area contributed by atoms with Crippen LogP contribution in [0.2, 0.25) is 0 Å². The topological polar surface area (TPSA) is 107 Å². The molecule has 6 rings (SSSR count). The fourth-order valence-electron chi connectivity index (χ4n) is 6.35. The Morgan fingerprint density at radius 3 is 2.04 bits per heavy atom. The first-order valence-electron chi connectivity index (χ1n) is 17.1. The molecule has 8 nitrogen and oxygen atoms in total. The summed E-state index contributed by atoms with van der Waals surface area (Å²) in [5.74, 6) is 0.912. The summed E-state index contributed by atoms with van der Waals surface area (Å²) in [5.41, 5.74) is 8.29. The highest BCUT2D eigenvalue weighted by Gasteiger charge is 2.30. The molecule has 1 aromatic heterocycles. The van der Waals surface area contributed by atoms with E-state index in [-0.39, 0.29) is 10.8 Å². The Labute approximate surface area is 300 Å². The molecule has 0 fully saturated rings. The number of sulfonamides is 1. The van der Waals surface area contributed by atoms with Crippen molar-refractivity contribution in [3.05, 3.63) is 173 Å². The predicted molar refractivity (Wildman–Crippen MR) is 205 cm³/mol. The quantitative estimate of drug-likeness (QED) is 0.112. The Hall–Kier alpha value is -5.51. The second-order valence-electron chi connectivity index (χ2n) is 13.1. The van der Waals surface area contributed by atoms with E-state index < -0.39 is 16.1 Å². The molecule has 0 aliphatic carbocycles. The van der Waals surface area contributed by atoms with Gasteiger partial charge in [-0.05, 0) is 102 Å². The molecule has 9 heteroatoms. The molecule has 5 aromatic carbocycles. The third kappa shape index (κ3) is 8.45. The number of nitrogens with zero attached hydrogens (tertiary/aromatic N) is 2. The molecule has 0 saturated carbocycles. The van der Waals surface area contributed by atoms with Gasteiger partial charge in [0, 0.05) is 35.7 Å². The standard InChI is InChI=1S/C42H43N5O3S/c1-29(2)39-25-22-36(26-30(39)3)44-42(48)34-17-11-12-31(27-34)18-19-37-28-40(46-45-37)43-35-20-23-38(24-21-35)51(49,50)47(4)41(32-13-7-5-8-14-32)33-15-9-6-10-16-33/h5-17,20-29,41H,18-19H2,1-4H3,(H,44,48)(H2,43,45,46). The van der Waals surface area contributed by atoms with Crippen molar-refractivity contribution in [1.82, 2.24) is 14.5 Å². The maximum Gasteiger partial charge on any atom is 0.255 e. The lowest BCUT2D eigenvalue weighted by Crippen LogP contribution is -2.32. The highest BCUT2D eigenvalue weighted by molar-refractivity contribution is 7.89. The van der Waals surface area contributed by atoms with Crippen molar-refractivity contribution in [2.75, 3.05) is 17.7 Å². The van der Waals surface area contributed by atoms with Crippen molar-refractivity contribution < 1.29 is 13.2 Å². The van der Waals surface area contributed by atoms with Crippen molar-refractivity contribution in [3.8, 4) is 0 Å². The molecule has 0 aliphatic rings. The van der Waals surface area contributed by atoms with Gasteiger partial charge in [0.25, 0.3) is 5.91 Å². The molecule has 260 valence electrons. The molecule has 0 aliphatic heterocycles. The van der Waals surface area contributed by atoms with Crippen molar-refractivity contribution in [2.45, 2.75) is 50.5 Å². The van der Waals surface area contributed by atoms with Crippen LogP contribution in [0, 0.1) is 6.92 Å². The average molecular weight is 698 g/mol. The van der Waals surface area contributed by atoms with Crippen LogP contribution < -0.4 is 10.6 Å². The molecule has 3 N–H and O–H groups in total. The normalized spacial score (nSPS) is 11.7. The first-order chi connectivity index (χ1) is 24.6. The number of carbonyl (C=O) groups is 1. The Balaban J connectivity index is 1.07. The number of aromatic amines is 1. The first-order valence-corrected chi connectivity index (χ1v) is 18.5. The number of hydrogen-bond acceptors (Lipinski definition) is 5.